The lowest BCUT2D eigenvalue weighted by Crippen LogP contribution is -2.34. The Hall–Kier alpha value is -8.03. The van der Waals surface area contributed by atoms with Gasteiger partial charge in [0.05, 0.1) is 22.6 Å². The van der Waals surface area contributed by atoms with Gasteiger partial charge in [-0.05, 0) is 52.1 Å². The predicted molar refractivity (Wildman–Crippen MR) is 243 cm³/mol. The number of hydrogen-bond donors (Lipinski definition) is 4. The lowest BCUT2D eigenvalue weighted by Gasteiger charge is -2.26. The average Bonchev–Trinajstić information content (AvgIpc) is 3.30. The van der Waals surface area contributed by atoms with E-state index in [1.165, 1.54) is 0 Å². The molecule has 8 aromatic rings. The van der Waals surface area contributed by atoms with Crippen molar-refractivity contribution in [2.24, 2.45) is 9.98 Å². The van der Waals surface area contributed by atoms with E-state index < -0.39 is 0 Å². The van der Waals surface area contributed by atoms with Gasteiger partial charge in [-0.3, -0.25) is 10.8 Å². The van der Waals surface area contributed by atoms with Crippen LogP contribution < -0.4 is 11.1 Å². The van der Waals surface area contributed by atoms with Gasteiger partial charge in [-0.15, -0.1) is 0 Å². The Kier molecular flexibility index (Phi) is 8.88. The summed E-state index contributed by atoms with van der Waals surface area (Å²) >= 11 is 0. The van der Waals surface area contributed by atoms with Gasteiger partial charge >= 0.3 is 0 Å². The molecule has 0 saturated heterocycles. The Morgan fingerprint density at radius 1 is 0.525 bits per heavy atom. The number of pyridine rings is 1. The normalized spacial score (nSPS) is 14.8. The van der Waals surface area contributed by atoms with Gasteiger partial charge < -0.3 is 11.1 Å². The van der Waals surface area contributed by atoms with Crippen molar-refractivity contribution >= 4 is 51.3 Å². The van der Waals surface area contributed by atoms with Crippen LogP contribution in [-0.4, -0.2) is 28.1 Å². The van der Waals surface area contributed by atoms with Crippen LogP contribution in [0.3, 0.4) is 0 Å². The first-order chi connectivity index (χ1) is 29.0. The van der Waals surface area contributed by atoms with Crippen LogP contribution in [0.1, 0.15) is 39.5 Å². The molecule has 7 aromatic carbocycles. The first-order valence-corrected chi connectivity index (χ1v) is 19.5. The Bertz CT molecular complexity index is 3040. The van der Waals surface area contributed by atoms with Crippen LogP contribution in [0.25, 0.3) is 56.1 Å². The second kappa shape index (κ2) is 14.8. The maximum absolute atomic E-state index is 9.66. The number of benzene rings is 7. The van der Waals surface area contributed by atoms with Gasteiger partial charge in [0.15, 0.2) is 5.84 Å². The zero-order chi connectivity index (χ0) is 39.9. The second-order valence-electron chi connectivity index (χ2n) is 14.6. The largest absolute Gasteiger partial charge is 0.398 e. The third kappa shape index (κ3) is 6.41. The first-order valence-electron chi connectivity index (χ1n) is 19.5. The number of aromatic nitrogens is 1. The number of para-hydroxylation sites is 1. The summed E-state index contributed by atoms with van der Waals surface area (Å²) in [6.07, 6.45) is 1.67. The molecule has 10 rings (SSSR count). The van der Waals surface area contributed by atoms with E-state index in [4.69, 9.17) is 20.7 Å². The number of hydrogen-bond acceptors (Lipinski definition) is 7. The van der Waals surface area contributed by atoms with Gasteiger partial charge in [0.25, 0.3) is 0 Å². The minimum Gasteiger partial charge on any atom is -0.398 e. The van der Waals surface area contributed by atoms with Gasteiger partial charge in [0.2, 0.25) is 0 Å². The van der Waals surface area contributed by atoms with Crippen LogP contribution in [0.15, 0.2) is 192 Å². The fourth-order valence-electron chi connectivity index (χ4n) is 8.10. The van der Waals surface area contributed by atoms with Crippen LogP contribution >= 0.6 is 0 Å². The number of rotatable bonds is 7. The highest BCUT2D eigenvalue weighted by molar-refractivity contribution is 6.64. The number of allylic oxidation sites excluding steroid dienone is 1. The van der Waals surface area contributed by atoms with Gasteiger partial charge in [0, 0.05) is 50.0 Å². The van der Waals surface area contributed by atoms with E-state index in [2.05, 4.69) is 41.7 Å². The Morgan fingerprint density at radius 3 is 1.86 bits per heavy atom. The van der Waals surface area contributed by atoms with Gasteiger partial charge in [0.1, 0.15) is 12.0 Å². The van der Waals surface area contributed by atoms with Crippen LogP contribution in [0, 0.1) is 10.8 Å². The van der Waals surface area contributed by atoms with Gasteiger partial charge in [-0.2, -0.15) is 0 Å². The monoisotopic (exact) mass is 759 g/mol. The number of aliphatic imine (C=N–C) groups is 2. The number of amidine groups is 2. The number of nitrogen functional groups attached to an aromatic ring is 1. The lowest BCUT2D eigenvalue weighted by atomic mass is 9.80. The zero-order valence-electron chi connectivity index (χ0n) is 31.9. The van der Waals surface area contributed by atoms with Crippen molar-refractivity contribution in [2.45, 2.75) is 6.17 Å². The fourth-order valence-corrected chi connectivity index (χ4v) is 8.10. The summed E-state index contributed by atoms with van der Waals surface area (Å²) in [5.74, 6) is 1.31. The summed E-state index contributed by atoms with van der Waals surface area (Å²) in [5.41, 5.74) is 19.7. The minimum absolute atomic E-state index is 0.156. The van der Waals surface area contributed by atoms with Crippen LogP contribution in [0.2, 0.25) is 0 Å². The molecule has 0 radical (unpaired) electrons. The van der Waals surface area contributed by atoms with Crippen LogP contribution in [0.5, 0.6) is 0 Å². The topological polar surface area (TPSA) is 123 Å². The van der Waals surface area contributed by atoms with E-state index in [1.807, 2.05) is 152 Å². The van der Waals surface area contributed by atoms with E-state index in [0.29, 0.717) is 28.5 Å². The van der Waals surface area contributed by atoms with Crippen molar-refractivity contribution in [2.75, 3.05) is 5.73 Å². The molecule has 280 valence electrons. The highest BCUT2D eigenvalue weighted by Gasteiger charge is 2.30. The Morgan fingerprint density at radius 2 is 1.15 bits per heavy atom. The molecular weight excluding hydrogens is 723 g/mol. The molecule has 1 aliphatic carbocycles. The lowest BCUT2D eigenvalue weighted by molar-refractivity contribution is 0.674. The summed E-state index contributed by atoms with van der Waals surface area (Å²) in [6, 6.07) is 60.5. The third-order valence-electron chi connectivity index (χ3n) is 11.0. The molecule has 59 heavy (non-hydrogen) atoms. The molecule has 0 fully saturated rings. The highest BCUT2D eigenvalue weighted by Crippen LogP contribution is 2.43. The van der Waals surface area contributed by atoms with Crippen LogP contribution in [-0.2, 0) is 0 Å². The molecular formula is C52H37N7. The summed E-state index contributed by atoms with van der Waals surface area (Å²) in [5, 5.41) is 23.5. The first kappa shape index (κ1) is 35.4. The molecule has 0 bridgehead atoms. The molecule has 7 nitrogen and oxygen atoms in total. The van der Waals surface area contributed by atoms with Crippen molar-refractivity contribution in [1.82, 2.24) is 10.3 Å². The minimum atomic E-state index is -0.371. The molecule has 2 aliphatic rings. The van der Waals surface area contributed by atoms with E-state index in [9.17, 15) is 10.8 Å². The summed E-state index contributed by atoms with van der Waals surface area (Å²) < 4.78 is 0. The second-order valence-corrected chi connectivity index (χ2v) is 14.6. The number of anilines is 1. The van der Waals surface area contributed by atoms with E-state index in [-0.39, 0.29) is 17.6 Å². The molecule has 1 unspecified atom stereocenters. The molecule has 5 N–H and O–H groups in total. The number of nitrogens with one attached hydrogen (secondary N) is 3. The van der Waals surface area contributed by atoms with Crippen LogP contribution in [0.4, 0.5) is 5.69 Å². The number of nitrogens with two attached hydrogens (primary N) is 1. The molecule has 0 spiro atoms. The summed E-state index contributed by atoms with van der Waals surface area (Å²) in [4.78, 5) is 15.5. The van der Waals surface area contributed by atoms with Gasteiger partial charge in [-0.1, -0.05) is 164 Å². The number of fused-ring (bicyclic) bond motifs is 3. The van der Waals surface area contributed by atoms with E-state index >= 15 is 0 Å². The van der Waals surface area contributed by atoms with E-state index in [1.54, 1.807) is 0 Å². The van der Waals surface area contributed by atoms with Crippen molar-refractivity contribution < 1.29 is 0 Å². The van der Waals surface area contributed by atoms with Gasteiger partial charge in [-0.25, -0.2) is 15.0 Å². The molecule has 1 aromatic heterocycles. The predicted octanol–water partition coefficient (Wildman–Crippen LogP) is 11.3. The molecule has 1 atom stereocenters. The third-order valence-corrected chi connectivity index (χ3v) is 11.0. The maximum Gasteiger partial charge on any atom is 0.159 e. The molecule has 0 saturated carbocycles. The molecule has 2 heterocycles. The maximum atomic E-state index is 9.66. The van der Waals surface area contributed by atoms with Crippen molar-refractivity contribution in [3.8, 4) is 33.5 Å². The molecule has 1 aliphatic heterocycles. The van der Waals surface area contributed by atoms with Crippen molar-refractivity contribution in [3.63, 3.8) is 0 Å². The molecule has 7 heteroatoms. The highest BCUT2D eigenvalue weighted by atomic mass is 15.2. The summed E-state index contributed by atoms with van der Waals surface area (Å²) in [6.45, 7) is 0. The van der Waals surface area contributed by atoms with Crippen molar-refractivity contribution in [3.05, 3.63) is 215 Å². The van der Waals surface area contributed by atoms with E-state index in [0.717, 1.165) is 72.2 Å². The fraction of sp³-hybridized carbons (Fsp3) is 0.0192. The Labute approximate surface area is 342 Å². The quantitative estimate of drug-likeness (QED) is 0.121. The summed E-state index contributed by atoms with van der Waals surface area (Å²) in [7, 11) is 0. The van der Waals surface area contributed by atoms with Crippen molar-refractivity contribution in [1.29, 1.82) is 10.8 Å². The SMILES string of the molecule is N=C1C(=N)c2c(c(-c3ccccc3)nc3cccc(-c4ccc(C5=NC(c6ccccc6)=NC(c6ccccc6)N5)c(-c5ccccc5N)c4)c23)C=C1c1ccccc1. The molecule has 0 amide bonds. The zero-order valence-corrected chi connectivity index (χ0v) is 31.9. The number of nitrogens with zero attached hydrogens (tertiary/aromatic N) is 3. The smallest absolute Gasteiger partial charge is 0.159 e. The average molecular weight is 760 g/mol. The Balaban J connectivity index is 1.20. The standard InChI is InChI=1S/C52H37N7/c53-43-26-14-13-24-38(43)41-30-36(28-29-39(41)52-58-50(34-20-9-3-10-21-34)57-51(59-52)35-22-11-4-12-23-35)37-25-15-27-44-45(37)46-42(49(56-44)33-18-7-2-8-19-33)31-40(47(54)48(46)55)32-16-5-1-6-17-32/h1-31,50,54-55H,53H2,(H,57,58,59).